The van der Waals surface area contributed by atoms with Gasteiger partial charge < -0.3 is 10.2 Å². The van der Waals surface area contributed by atoms with E-state index < -0.39 is 16.1 Å². The standard InChI is InChI=1S/C32H38BrN3O4S/c1-41(39,40)36(29-15-6-3-7-16-29)22-10-17-31(37)35(24-26-18-20-27(33)21-19-26)30(23-25-11-4-2-5-12-25)32(38)34-28-13-8-9-14-28/h2-7,11-12,15-16,18-21,28,30H,8-10,13-14,17,22-24H2,1H3,(H,34,38)/t30-/m0/s1. The quantitative estimate of drug-likeness (QED) is 0.260. The zero-order chi connectivity index (χ0) is 29.2. The highest BCUT2D eigenvalue weighted by Crippen LogP contribution is 2.22. The van der Waals surface area contributed by atoms with Gasteiger partial charge >= 0.3 is 0 Å². The summed E-state index contributed by atoms with van der Waals surface area (Å²) < 4.78 is 27.4. The van der Waals surface area contributed by atoms with E-state index in [1.807, 2.05) is 60.7 Å². The number of nitrogens with zero attached hydrogens (tertiary/aromatic N) is 2. The minimum absolute atomic E-state index is 0.109. The van der Waals surface area contributed by atoms with Crippen LogP contribution in [0.3, 0.4) is 0 Å². The molecule has 1 N–H and O–H groups in total. The van der Waals surface area contributed by atoms with Gasteiger partial charge in [0.1, 0.15) is 6.04 Å². The first-order valence-electron chi connectivity index (χ1n) is 14.1. The Balaban J connectivity index is 1.57. The molecule has 0 spiro atoms. The molecule has 0 radical (unpaired) electrons. The molecule has 218 valence electrons. The molecule has 1 aliphatic rings. The summed E-state index contributed by atoms with van der Waals surface area (Å²) in [5.74, 6) is -0.329. The highest BCUT2D eigenvalue weighted by molar-refractivity contribution is 9.10. The van der Waals surface area contributed by atoms with Gasteiger partial charge in [-0.05, 0) is 54.7 Å². The number of carbonyl (C=O) groups is 2. The van der Waals surface area contributed by atoms with E-state index in [4.69, 9.17) is 0 Å². The smallest absolute Gasteiger partial charge is 0.243 e. The molecule has 41 heavy (non-hydrogen) atoms. The van der Waals surface area contributed by atoms with Crippen molar-refractivity contribution in [1.29, 1.82) is 0 Å². The van der Waals surface area contributed by atoms with Crippen molar-refractivity contribution in [3.63, 3.8) is 0 Å². The molecule has 1 saturated carbocycles. The van der Waals surface area contributed by atoms with Gasteiger partial charge in [-0.3, -0.25) is 13.9 Å². The van der Waals surface area contributed by atoms with Crippen molar-refractivity contribution < 1.29 is 18.0 Å². The Morgan fingerprint density at radius 1 is 0.902 bits per heavy atom. The number of hydrogen-bond donors (Lipinski definition) is 1. The average Bonchev–Trinajstić information content (AvgIpc) is 3.47. The van der Waals surface area contributed by atoms with Crippen molar-refractivity contribution >= 4 is 43.5 Å². The zero-order valence-corrected chi connectivity index (χ0v) is 25.8. The van der Waals surface area contributed by atoms with Crippen molar-refractivity contribution in [3.05, 3.63) is 101 Å². The van der Waals surface area contributed by atoms with Gasteiger partial charge in [-0.15, -0.1) is 0 Å². The van der Waals surface area contributed by atoms with Crippen LogP contribution >= 0.6 is 15.9 Å². The predicted molar refractivity (Wildman–Crippen MR) is 167 cm³/mol. The Labute approximate surface area is 252 Å². The van der Waals surface area contributed by atoms with Crippen LogP contribution in [0, 0.1) is 0 Å². The minimum atomic E-state index is -3.53. The maximum absolute atomic E-state index is 13.9. The lowest BCUT2D eigenvalue weighted by molar-refractivity contribution is -0.141. The van der Waals surface area contributed by atoms with Crippen LogP contribution in [-0.4, -0.2) is 50.0 Å². The molecule has 3 aromatic carbocycles. The van der Waals surface area contributed by atoms with Crippen LogP contribution in [0.25, 0.3) is 0 Å². The summed E-state index contributed by atoms with van der Waals surface area (Å²) in [5, 5.41) is 3.22. The van der Waals surface area contributed by atoms with E-state index in [2.05, 4.69) is 21.2 Å². The molecule has 1 atom stereocenters. The highest BCUT2D eigenvalue weighted by atomic mass is 79.9. The van der Waals surface area contributed by atoms with Crippen molar-refractivity contribution in [2.75, 3.05) is 17.1 Å². The monoisotopic (exact) mass is 639 g/mol. The fourth-order valence-corrected chi connectivity index (χ4v) is 6.54. The van der Waals surface area contributed by atoms with Crippen LogP contribution in [0.5, 0.6) is 0 Å². The van der Waals surface area contributed by atoms with Gasteiger partial charge in [0.05, 0.1) is 11.9 Å². The number of para-hydroxylation sites is 1. The first kappa shape index (κ1) is 30.8. The van der Waals surface area contributed by atoms with Gasteiger partial charge in [-0.1, -0.05) is 89.4 Å². The summed E-state index contributed by atoms with van der Waals surface area (Å²) in [6.07, 6.45) is 6.07. The van der Waals surface area contributed by atoms with E-state index in [1.54, 1.807) is 29.2 Å². The number of hydrogen-bond acceptors (Lipinski definition) is 4. The topological polar surface area (TPSA) is 86.8 Å². The third kappa shape index (κ3) is 9.16. The first-order valence-corrected chi connectivity index (χ1v) is 16.8. The molecule has 0 aromatic heterocycles. The SMILES string of the molecule is CS(=O)(=O)N(CCCC(=O)N(Cc1ccc(Br)cc1)[C@@H](Cc1ccccc1)C(=O)NC1CCCC1)c1ccccc1. The maximum atomic E-state index is 13.9. The van der Waals surface area contributed by atoms with Crippen LogP contribution in [0.1, 0.15) is 49.7 Å². The molecular formula is C32H38BrN3O4S. The molecule has 0 bridgehead atoms. The molecule has 3 aromatic rings. The zero-order valence-electron chi connectivity index (χ0n) is 23.4. The van der Waals surface area contributed by atoms with E-state index in [0.717, 1.165) is 41.3 Å². The number of halogens is 1. The lowest BCUT2D eigenvalue weighted by Crippen LogP contribution is -2.52. The molecule has 0 saturated heterocycles. The van der Waals surface area contributed by atoms with E-state index in [1.165, 1.54) is 10.6 Å². The second-order valence-corrected chi connectivity index (χ2v) is 13.4. The van der Waals surface area contributed by atoms with Crippen LogP contribution in [0.4, 0.5) is 5.69 Å². The van der Waals surface area contributed by atoms with E-state index in [-0.39, 0.29) is 37.4 Å². The number of benzene rings is 3. The number of amides is 2. The normalized spacial score (nSPS) is 14.4. The molecule has 0 unspecified atom stereocenters. The lowest BCUT2D eigenvalue weighted by Gasteiger charge is -2.33. The predicted octanol–water partition coefficient (Wildman–Crippen LogP) is 5.69. The maximum Gasteiger partial charge on any atom is 0.243 e. The molecule has 2 amide bonds. The van der Waals surface area contributed by atoms with Gasteiger partial charge in [-0.25, -0.2) is 8.42 Å². The number of nitrogens with one attached hydrogen (secondary N) is 1. The van der Waals surface area contributed by atoms with Crippen molar-refractivity contribution in [1.82, 2.24) is 10.2 Å². The van der Waals surface area contributed by atoms with Gasteiger partial charge in [-0.2, -0.15) is 0 Å². The lowest BCUT2D eigenvalue weighted by atomic mass is 10.0. The molecule has 1 fully saturated rings. The summed E-state index contributed by atoms with van der Waals surface area (Å²) >= 11 is 3.47. The Morgan fingerprint density at radius 2 is 1.51 bits per heavy atom. The first-order chi connectivity index (χ1) is 19.7. The highest BCUT2D eigenvalue weighted by Gasteiger charge is 2.32. The fraction of sp³-hybridized carbons (Fsp3) is 0.375. The molecule has 0 heterocycles. The van der Waals surface area contributed by atoms with Gasteiger partial charge in [0.25, 0.3) is 0 Å². The van der Waals surface area contributed by atoms with Crippen LogP contribution in [0.15, 0.2) is 89.4 Å². The van der Waals surface area contributed by atoms with Crippen LogP contribution in [-0.2, 0) is 32.6 Å². The largest absolute Gasteiger partial charge is 0.352 e. The number of anilines is 1. The molecule has 1 aliphatic carbocycles. The number of carbonyl (C=O) groups excluding carboxylic acids is 2. The van der Waals surface area contributed by atoms with E-state index in [0.29, 0.717) is 18.5 Å². The van der Waals surface area contributed by atoms with Gasteiger partial charge in [0.15, 0.2) is 0 Å². The van der Waals surface area contributed by atoms with E-state index >= 15 is 0 Å². The number of sulfonamides is 1. The van der Waals surface area contributed by atoms with Crippen molar-refractivity contribution in [2.45, 2.75) is 63.6 Å². The summed E-state index contributed by atoms with van der Waals surface area (Å²) in [4.78, 5) is 29.4. The van der Waals surface area contributed by atoms with E-state index in [9.17, 15) is 18.0 Å². The second-order valence-electron chi connectivity index (χ2n) is 10.6. The third-order valence-electron chi connectivity index (χ3n) is 7.44. The fourth-order valence-electron chi connectivity index (χ4n) is 5.31. The Bertz CT molecular complexity index is 1380. The summed E-state index contributed by atoms with van der Waals surface area (Å²) in [6.45, 7) is 0.439. The second kappa shape index (κ2) is 14.6. The Kier molecular flexibility index (Phi) is 11.0. The van der Waals surface area contributed by atoms with Gasteiger partial charge in [0, 0.05) is 36.4 Å². The molecular weight excluding hydrogens is 602 g/mol. The number of rotatable bonds is 13. The van der Waals surface area contributed by atoms with Crippen molar-refractivity contribution in [3.8, 4) is 0 Å². The molecule has 0 aliphatic heterocycles. The molecule has 9 heteroatoms. The minimum Gasteiger partial charge on any atom is -0.352 e. The summed E-state index contributed by atoms with van der Waals surface area (Å²) in [6, 6.07) is 25.8. The molecule has 4 rings (SSSR count). The van der Waals surface area contributed by atoms with Crippen LogP contribution in [0.2, 0.25) is 0 Å². The molecule has 7 nitrogen and oxygen atoms in total. The summed E-state index contributed by atoms with van der Waals surface area (Å²) in [7, 11) is -3.53. The Morgan fingerprint density at radius 3 is 2.12 bits per heavy atom. The van der Waals surface area contributed by atoms with Gasteiger partial charge in [0.2, 0.25) is 21.8 Å². The third-order valence-corrected chi connectivity index (χ3v) is 9.16. The average molecular weight is 641 g/mol. The summed E-state index contributed by atoms with van der Waals surface area (Å²) in [5.41, 5.74) is 2.45. The van der Waals surface area contributed by atoms with Crippen molar-refractivity contribution in [2.24, 2.45) is 0 Å². The van der Waals surface area contributed by atoms with Crippen LogP contribution < -0.4 is 9.62 Å². The Hall–Kier alpha value is -3.17.